The maximum absolute atomic E-state index is 11.7. The Kier molecular flexibility index (Phi) is 4.58. The van der Waals surface area contributed by atoms with Crippen molar-refractivity contribution in [2.24, 2.45) is 5.92 Å². The van der Waals surface area contributed by atoms with E-state index in [1.807, 2.05) is 0 Å². The highest BCUT2D eigenvalue weighted by Gasteiger charge is 2.23. The summed E-state index contributed by atoms with van der Waals surface area (Å²) in [6.45, 7) is 5.10. The largest absolute Gasteiger partial charge is 0.480 e. The Hall–Kier alpha value is -1.26. The van der Waals surface area contributed by atoms with Gasteiger partial charge in [0.05, 0.1) is 0 Å². The molecule has 92 valence electrons. The molecule has 0 spiro atoms. The highest BCUT2D eigenvalue weighted by Crippen LogP contribution is 2.19. The van der Waals surface area contributed by atoms with Crippen molar-refractivity contribution in [3.05, 3.63) is 0 Å². The van der Waals surface area contributed by atoms with Crippen LogP contribution in [0.2, 0.25) is 0 Å². The number of carbonyl (C=O) groups is 2. The van der Waals surface area contributed by atoms with Crippen molar-refractivity contribution in [2.45, 2.75) is 39.2 Å². The maximum atomic E-state index is 11.7. The molecule has 0 saturated carbocycles. The summed E-state index contributed by atoms with van der Waals surface area (Å²) >= 11 is 0. The van der Waals surface area contributed by atoms with E-state index in [0.717, 1.165) is 32.4 Å². The summed E-state index contributed by atoms with van der Waals surface area (Å²) in [7, 11) is 0. The molecule has 0 aromatic carbocycles. The highest BCUT2D eigenvalue weighted by atomic mass is 16.4. The van der Waals surface area contributed by atoms with E-state index in [1.165, 1.54) is 6.92 Å². The first-order valence-corrected chi connectivity index (χ1v) is 5.82. The first-order chi connectivity index (χ1) is 7.54. The highest BCUT2D eigenvalue weighted by molar-refractivity contribution is 5.82. The number of nitrogens with one attached hydrogen (secondary N) is 1. The predicted octanol–water partition coefficient (Wildman–Crippen LogP) is 1.29. The van der Waals surface area contributed by atoms with Crippen LogP contribution in [0.5, 0.6) is 0 Å². The van der Waals surface area contributed by atoms with E-state index in [1.54, 1.807) is 4.90 Å². The minimum atomic E-state index is -1.00. The molecule has 1 fully saturated rings. The second-order valence-corrected chi connectivity index (χ2v) is 4.35. The lowest BCUT2D eigenvalue weighted by atomic mass is 9.95. The number of amides is 2. The van der Waals surface area contributed by atoms with Gasteiger partial charge >= 0.3 is 12.0 Å². The topological polar surface area (TPSA) is 69.6 Å². The van der Waals surface area contributed by atoms with E-state index in [4.69, 9.17) is 5.11 Å². The van der Waals surface area contributed by atoms with E-state index in [0.29, 0.717) is 5.92 Å². The fourth-order valence-electron chi connectivity index (χ4n) is 1.88. The Labute approximate surface area is 95.8 Å². The molecule has 0 unspecified atom stereocenters. The molecule has 0 aromatic heterocycles. The standard InChI is InChI=1S/C11H20N2O3/c1-3-9-4-6-13(7-5-9)11(16)12-8(2)10(14)15/h8-9H,3-7H2,1-2H3,(H,12,16)(H,14,15)/t8-/m1/s1. The number of urea groups is 1. The van der Waals surface area contributed by atoms with Crippen LogP contribution >= 0.6 is 0 Å². The molecule has 1 aliphatic rings. The van der Waals surface area contributed by atoms with Gasteiger partial charge in [-0.15, -0.1) is 0 Å². The number of aliphatic carboxylic acids is 1. The lowest BCUT2D eigenvalue weighted by Crippen LogP contribution is -2.49. The lowest BCUT2D eigenvalue weighted by molar-refractivity contribution is -0.138. The number of rotatable bonds is 3. The molecule has 1 atom stereocenters. The molecule has 2 N–H and O–H groups in total. The van der Waals surface area contributed by atoms with Crippen molar-refractivity contribution in [2.75, 3.05) is 13.1 Å². The summed E-state index contributed by atoms with van der Waals surface area (Å²) in [5, 5.41) is 11.1. The average Bonchev–Trinajstić information content (AvgIpc) is 2.28. The van der Waals surface area contributed by atoms with E-state index >= 15 is 0 Å². The monoisotopic (exact) mass is 228 g/mol. The van der Waals surface area contributed by atoms with E-state index < -0.39 is 12.0 Å². The molecule has 5 heteroatoms. The zero-order valence-electron chi connectivity index (χ0n) is 9.90. The first kappa shape index (κ1) is 12.8. The van der Waals surface area contributed by atoms with Crippen LogP contribution in [-0.4, -0.2) is 41.1 Å². The molecule has 0 aromatic rings. The number of carboxylic acids is 1. The molecular formula is C11H20N2O3. The van der Waals surface area contributed by atoms with Gasteiger partial charge in [-0.3, -0.25) is 4.79 Å². The van der Waals surface area contributed by atoms with Crippen LogP contribution in [0.1, 0.15) is 33.1 Å². The second-order valence-electron chi connectivity index (χ2n) is 4.35. The summed E-state index contributed by atoms with van der Waals surface area (Å²) in [6, 6.07) is -1.08. The third-order valence-corrected chi connectivity index (χ3v) is 3.19. The van der Waals surface area contributed by atoms with Gasteiger partial charge in [-0.2, -0.15) is 0 Å². The van der Waals surface area contributed by atoms with E-state index in [2.05, 4.69) is 12.2 Å². The molecule has 0 bridgehead atoms. The smallest absolute Gasteiger partial charge is 0.325 e. The van der Waals surface area contributed by atoms with Gasteiger partial charge in [0.1, 0.15) is 6.04 Å². The number of piperidine rings is 1. The summed E-state index contributed by atoms with van der Waals surface area (Å²) in [5.74, 6) is -0.294. The number of hydrogen-bond acceptors (Lipinski definition) is 2. The Morgan fingerprint density at radius 1 is 1.44 bits per heavy atom. The molecule has 0 radical (unpaired) electrons. The van der Waals surface area contributed by atoms with Crippen molar-refractivity contribution < 1.29 is 14.7 Å². The first-order valence-electron chi connectivity index (χ1n) is 5.82. The molecule has 1 rings (SSSR count). The van der Waals surface area contributed by atoms with Crippen molar-refractivity contribution in [3.8, 4) is 0 Å². The maximum Gasteiger partial charge on any atom is 0.325 e. The second kappa shape index (κ2) is 5.72. The van der Waals surface area contributed by atoms with E-state index in [-0.39, 0.29) is 6.03 Å². The Bertz CT molecular complexity index is 260. The van der Waals surface area contributed by atoms with Crippen LogP contribution in [0.25, 0.3) is 0 Å². The molecule has 1 heterocycles. The number of hydrogen-bond donors (Lipinski definition) is 2. The summed E-state index contributed by atoms with van der Waals surface area (Å²) in [5.41, 5.74) is 0. The molecule has 5 nitrogen and oxygen atoms in total. The molecular weight excluding hydrogens is 208 g/mol. The predicted molar refractivity (Wildman–Crippen MR) is 60.2 cm³/mol. The van der Waals surface area contributed by atoms with Crippen LogP contribution in [0.15, 0.2) is 0 Å². The van der Waals surface area contributed by atoms with Crippen molar-refractivity contribution in [3.63, 3.8) is 0 Å². The zero-order chi connectivity index (χ0) is 12.1. The quantitative estimate of drug-likeness (QED) is 0.764. The van der Waals surface area contributed by atoms with Gasteiger partial charge in [0.15, 0.2) is 0 Å². The lowest BCUT2D eigenvalue weighted by Gasteiger charge is -2.32. The Morgan fingerprint density at radius 3 is 2.44 bits per heavy atom. The van der Waals surface area contributed by atoms with Gasteiger partial charge in [0, 0.05) is 13.1 Å². The van der Waals surface area contributed by atoms with Crippen molar-refractivity contribution in [1.29, 1.82) is 0 Å². The molecule has 2 amide bonds. The SMILES string of the molecule is CCC1CCN(C(=O)N[C@H](C)C(=O)O)CC1. The molecule has 1 aliphatic heterocycles. The van der Waals surface area contributed by atoms with E-state index in [9.17, 15) is 9.59 Å². The van der Waals surface area contributed by atoms with Crippen molar-refractivity contribution in [1.82, 2.24) is 10.2 Å². The normalized spacial score (nSPS) is 19.2. The van der Waals surface area contributed by atoms with Crippen LogP contribution in [0.4, 0.5) is 4.79 Å². The minimum Gasteiger partial charge on any atom is -0.480 e. The van der Waals surface area contributed by atoms with Gasteiger partial charge in [0.2, 0.25) is 0 Å². The molecule has 1 saturated heterocycles. The van der Waals surface area contributed by atoms with Gasteiger partial charge in [-0.05, 0) is 25.7 Å². The number of likely N-dealkylation sites (tertiary alicyclic amines) is 1. The van der Waals surface area contributed by atoms with Gasteiger partial charge < -0.3 is 15.3 Å². The minimum absolute atomic E-state index is 0.260. The summed E-state index contributed by atoms with van der Waals surface area (Å²) in [4.78, 5) is 23.9. The summed E-state index contributed by atoms with van der Waals surface area (Å²) in [6.07, 6.45) is 3.19. The third-order valence-electron chi connectivity index (χ3n) is 3.19. The molecule has 0 aliphatic carbocycles. The Balaban J connectivity index is 2.36. The Morgan fingerprint density at radius 2 is 2.00 bits per heavy atom. The number of carboxylic acid groups (broad SMARTS) is 1. The van der Waals surface area contributed by atoms with Crippen LogP contribution in [0.3, 0.4) is 0 Å². The fraction of sp³-hybridized carbons (Fsp3) is 0.818. The zero-order valence-corrected chi connectivity index (χ0v) is 9.90. The summed E-state index contributed by atoms with van der Waals surface area (Å²) < 4.78 is 0. The van der Waals surface area contributed by atoms with Gasteiger partial charge in [-0.1, -0.05) is 13.3 Å². The number of nitrogens with zero attached hydrogens (tertiary/aromatic N) is 1. The van der Waals surface area contributed by atoms with Gasteiger partial charge in [0.25, 0.3) is 0 Å². The van der Waals surface area contributed by atoms with Crippen LogP contribution in [0, 0.1) is 5.92 Å². The average molecular weight is 228 g/mol. The third kappa shape index (κ3) is 3.40. The van der Waals surface area contributed by atoms with Crippen LogP contribution < -0.4 is 5.32 Å². The number of carbonyl (C=O) groups excluding carboxylic acids is 1. The fourth-order valence-corrected chi connectivity index (χ4v) is 1.88. The molecule has 16 heavy (non-hydrogen) atoms. The van der Waals surface area contributed by atoms with Gasteiger partial charge in [-0.25, -0.2) is 4.79 Å². The van der Waals surface area contributed by atoms with Crippen molar-refractivity contribution >= 4 is 12.0 Å². The van der Waals surface area contributed by atoms with Crippen LogP contribution in [-0.2, 0) is 4.79 Å².